The molecule has 7 nitrogen and oxygen atoms in total. The van der Waals surface area contributed by atoms with Gasteiger partial charge in [0, 0.05) is 18.5 Å². The van der Waals surface area contributed by atoms with Gasteiger partial charge < -0.3 is 5.73 Å². The Bertz CT molecular complexity index is 665. The molecule has 0 saturated carbocycles. The van der Waals surface area contributed by atoms with E-state index in [0.29, 0.717) is 24.0 Å². The lowest BCUT2D eigenvalue weighted by Gasteiger charge is -2.07. The van der Waals surface area contributed by atoms with Gasteiger partial charge in [0.15, 0.2) is 5.82 Å². The Kier molecular flexibility index (Phi) is 3.79. The summed E-state index contributed by atoms with van der Waals surface area (Å²) >= 11 is 1.45. The summed E-state index contributed by atoms with van der Waals surface area (Å²) in [6.45, 7) is 5.01. The standard InChI is InChI=1S/C11H16N6OS/c1-4-16-9(12)8(10(18)17(16)5-2)13-14-11-15(3)6-7-19-11/h6-7,12H,4-5H2,1-3H3/p+1. The fraction of sp³-hybridized carbons (Fsp3) is 0.455. The number of aryl methyl sites for hydroxylation is 1. The number of hydrogen-bond acceptors (Lipinski definition) is 5. The zero-order valence-corrected chi connectivity index (χ0v) is 12.0. The van der Waals surface area contributed by atoms with Crippen molar-refractivity contribution in [3.05, 3.63) is 21.9 Å². The maximum atomic E-state index is 12.1. The average molecular weight is 281 g/mol. The highest BCUT2D eigenvalue weighted by atomic mass is 32.1. The molecule has 2 heterocycles. The van der Waals surface area contributed by atoms with Crippen LogP contribution >= 0.6 is 11.3 Å². The first-order valence-electron chi connectivity index (χ1n) is 6.04. The number of anilines is 1. The van der Waals surface area contributed by atoms with Crippen molar-refractivity contribution < 1.29 is 4.57 Å². The monoisotopic (exact) mass is 281 g/mol. The van der Waals surface area contributed by atoms with E-state index in [9.17, 15) is 4.79 Å². The van der Waals surface area contributed by atoms with E-state index in [1.54, 1.807) is 9.36 Å². The Morgan fingerprint density at radius 3 is 2.47 bits per heavy atom. The Morgan fingerprint density at radius 1 is 1.32 bits per heavy atom. The van der Waals surface area contributed by atoms with Gasteiger partial charge in [-0.05, 0) is 30.3 Å². The molecule has 0 spiro atoms. The van der Waals surface area contributed by atoms with Crippen LogP contribution in [-0.4, -0.2) is 9.36 Å². The van der Waals surface area contributed by atoms with Gasteiger partial charge in [-0.15, -0.1) is 0 Å². The highest BCUT2D eigenvalue weighted by Crippen LogP contribution is 2.22. The van der Waals surface area contributed by atoms with Crippen LogP contribution in [0.3, 0.4) is 0 Å². The minimum atomic E-state index is -0.204. The lowest BCUT2D eigenvalue weighted by Crippen LogP contribution is -2.23. The van der Waals surface area contributed by atoms with E-state index in [4.69, 9.17) is 5.73 Å². The van der Waals surface area contributed by atoms with Gasteiger partial charge in [0.2, 0.25) is 5.69 Å². The molecule has 0 amide bonds. The Morgan fingerprint density at radius 2 is 2.00 bits per heavy atom. The molecule has 0 atom stereocenters. The van der Waals surface area contributed by atoms with Crippen molar-refractivity contribution in [2.75, 3.05) is 5.73 Å². The zero-order valence-electron chi connectivity index (χ0n) is 11.2. The topological polar surface area (TPSA) is 81.6 Å². The molecular weight excluding hydrogens is 264 g/mol. The second kappa shape index (κ2) is 5.35. The summed E-state index contributed by atoms with van der Waals surface area (Å²) in [5.41, 5.74) is 5.96. The van der Waals surface area contributed by atoms with Crippen molar-refractivity contribution in [3.8, 4) is 0 Å². The molecule has 0 bridgehead atoms. The molecule has 0 aromatic carbocycles. The van der Waals surface area contributed by atoms with Crippen LogP contribution in [0.5, 0.6) is 0 Å². The number of nitrogens with two attached hydrogens (primary N) is 1. The number of aromatic nitrogens is 3. The maximum Gasteiger partial charge on any atom is 0.408 e. The third-order valence-corrected chi connectivity index (χ3v) is 3.68. The van der Waals surface area contributed by atoms with Gasteiger partial charge in [-0.3, -0.25) is 9.48 Å². The summed E-state index contributed by atoms with van der Waals surface area (Å²) in [7, 11) is 1.87. The molecule has 2 aromatic rings. The molecule has 2 N–H and O–H groups in total. The largest absolute Gasteiger partial charge is 0.408 e. The fourth-order valence-electron chi connectivity index (χ4n) is 1.86. The van der Waals surface area contributed by atoms with Gasteiger partial charge in [-0.1, -0.05) is 0 Å². The molecule has 8 heteroatoms. The molecule has 0 unspecified atom stereocenters. The molecule has 0 aliphatic heterocycles. The zero-order chi connectivity index (χ0) is 14.0. The van der Waals surface area contributed by atoms with E-state index in [0.717, 1.165) is 0 Å². The van der Waals surface area contributed by atoms with Crippen molar-refractivity contribution in [2.45, 2.75) is 26.9 Å². The summed E-state index contributed by atoms with van der Waals surface area (Å²) in [5.74, 6) is 0.359. The summed E-state index contributed by atoms with van der Waals surface area (Å²) in [6, 6.07) is 0. The van der Waals surface area contributed by atoms with E-state index in [2.05, 4.69) is 10.2 Å². The van der Waals surface area contributed by atoms with Gasteiger partial charge in [0.25, 0.3) is 5.56 Å². The first kappa shape index (κ1) is 13.5. The quantitative estimate of drug-likeness (QED) is 0.681. The predicted molar refractivity (Wildman–Crippen MR) is 74.1 cm³/mol. The van der Waals surface area contributed by atoms with Crippen molar-refractivity contribution >= 4 is 28.0 Å². The van der Waals surface area contributed by atoms with Crippen molar-refractivity contribution in [2.24, 2.45) is 17.3 Å². The van der Waals surface area contributed by atoms with Crippen LogP contribution in [0.4, 0.5) is 16.6 Å². The summed E-state index contributed by atoms with van der Waals surface area (Å²) in [4.78, 5) is 12.1. The molecule has 19 heavy (non-hydrogen) atoms. The molecule has 102 valence electrons. The normalized spacial score (nSPS) is 11.5. The number of azo groups is 1. The van der Waals surface area contributed by atoms with E-state index in [1.165, 1.54) is 11.3 Å². The van der Waals surface area contributed by atoms with E-state index >= 15 is 0 Å². The SMILES string of the molecule is CCn1c(N)c(N=Nc2scc[n+]2C)c(=O)n1CC. The number of nitrogen functional groups attached to an aromatic ring is 1. The minimum Gasteiger partial charge on any atom is -0.382 e. The van der Waals surface area contributed by atoms with Crippen LogP contribution in [0.2, 0.25) is 0 Å². The first-order valence-corrected chi connectivity index (χ1v) is 6.92. The van der Waals surface area contributed by atoms with Gasteiger partial charge in [0.1, 0.15) is 6.20 Å². The Balaban J connectivity index is 2.47. The molecule has 0 aliphatic carbocycles. The van der Waals surface area contributed by atoms with Crippen LogP contribution in [0.1, 0.15) is 13.8 Å². The molecular formula is C11H17N6OS+. The Labute approximate surface area is 114 Å². The van der Waals surface area contributed by atoms with Crippen LogP contribution in [0.15, 0.2) is 26.6 Å². The van der Waals surface area contributed by atoms with Crippen LogP contribution < -0.4 is 15.9 Å². The van der Waals surface area contributed by atoms with Crippen LogP contribution in [-0.2, 0) is 20.1 Å². The number of rotatable bonds is 4. The summed E-state index contributed by atoms with van der Waals surface area (Å²) in [6.07, 6.45) is 1.88. The highest BCUT2D eigenvalue weighted by molar-refractivity contribution is 7.12. The third kappa shape index (κ3) is 2.30. The van der Waals surface area contributed by atoms with Gasteiger partial charge in [-0.2, -0.15) is 0 Å². The van der Waals surface area contributed by atoms with E-state index in [-0.39, 0.29) is 11.2 Å². The smallest absolute Gasteiger partial charge is 0.382 e. The summed E-state index contributed by atoms with van der Waals surface area (Å²) < 4.78 is 5.11. The molecule has 0 aliphatic rings. The first-order chi connectivity index (χ1) is 9.10. The average Bonchev–Trinajstić information content (AvgIpc) is 2.89. The molecule has 0 radical (unpaired) electrons. The van der Waals surface area contributed by atoms with Gasteiger partial charge in [-0.25, -0.2) is 9.25 Å². The van der Waals surface area contributed by atoms with Gasteiger partial charge >= 0.3 is 5.13 Å². The van der Waals surface area contributed by atoms with E-state index < -0.39 is 0 Å². The summed E-state index contributed by atoms with van der Waals surface area (Å²) in [5, 5.41) is 10.7. The van der Waals surface area contributed by atoms with Crippen molar-refractivity contribution in [1.82, 2.24) is 9.36 Å². The van der Waals surface area contributed by atoms with Crippen LogP contribution in [0, 0.1) is 0 Å². The lowest BCUT2D eigenvalue weighted by atomic mass is 10.5. The second-order valence-corrected chi connectivity index (χ2v) is 4.84. The molecule has 2 aromatic heterocycles. The maximum absolute atomic E-state index is 12.1. The molecule has 2 rings (SSSR count). The number of thiazole rings is 1. The van der Waals surface area contributed by atoms with E-state index in [1.807, 2.05) is 37.0 Å². The molecule has 0 fully saturated rings. The van der Waals surface area contributed by atoms with Gasteiger partial charge in [0.05, 0.1) is 12.2 Å². The minimum absolute atomic E-state index is 0.204. The van der Waals surface area contributed by atoms with Crippen molar-refractivity contribution in [3.63, 3.8) is 0 Å². The third-order valence-electron chi connectivity index (χ3n) is 2.84. The Hall–Kier alpha value is -1.96. The fourth-order valence-corrected chi connectivity index (χ4v) is 2.54. The second-order valence-electron chi connectivity index (χ2n) is 3.97. The number of nitrogens with zero attached hydrogens (tertiary/aromatic N) is 5. The van der Waals surface area contributed by atoms with Crippen LogP contribution in [0.25, 0.3) is 0 Å². The number of hydrogen-bond donors (Lipinski definition) is 1. The molecule has 0 saturated heterocycles. The van der Waals surface area contributed by atoms with Crippen molar-refractivity contribution in [1.29, 1.82) is 0 Å². The lowest BCUT2D eigenvalue weighted by molar-refractivity contribution is -0.654. The highest BCUT2D eigenvalue weighted by Gasteiger charge is 2.18. The predicted octanol–water partition coefficient (Wildman–Crippen LogP) is 1.57.